The molecule has 0 saturated carbocycles. The highest BCUT2D eigenvalue weighted by atomic mass is 32.2. The molecule has 8 heteroatoms. The summed E-state index contributed by atoms with van der Waals surface area (Å²) < 4.78 is 25.9. The fourth-order valence-electron chi connectivity index (χ4n) is 1.19. The average Bonchev–Trinajstić information content (AvgIpc) is 2.16. The Hall–Kier alpha value is -1.96. The van der Waals surface area contributed by atoms with Crippen LogP contribution in [0.3, 0.4) is 0 Å². The number of anilines is 1. The molecular weight excluding hydrogens is 222 g/mol. The van der Waals surface area contributed by atoms with E-state index < -0.39 is 14.9 Å². The maximum Gasteiger partial charge on any atom is 0.285 e. The van der Waals surface area contributed by atoms with Crippen molar-refractivity contribution in [2.24, 2.45) is 4.40 Å². The van der Waals surface area contributed by atoms with Gasteiger partial charge in [-0.2, -0.15) is 8.42 Å². The first-order valence-electron chi connectivity index (χ1n) is 3.84. The second-order valence-corrected chi connectivity index (χ2v) is 4.39. The Labute approximate surface area is 84.6 Å². The number of benzene rings is 1. The van der Waals surface area contributed by atoms with E-state index in [0.29, 0.717) is 0 Å². The van der Waals surface area contributed by atoms with Crippen LogP contribution in [0.4, 0.5) is 11.4 Å². The lowest BCUT2D eigenvalue weighted by Crippen LogP contribution is -2.11. The predicted octanol–water partition coefficient (Wildman–Crippen LogP) is 0.737. The number of non-ortho nitro benzene ring substituents is 1. The number of nitro groups is 1. The Balaban J connectivity index is 2.64. The number of fused-ring (bicyclic) bond motifs is 1. The molecule has 0 unspecified atom stereocenters. The van der Waals surface area contributed by atoms with Crippen molar-refractivity contribution < 1.29 is 13.3 Å². The van der Waals surface area contributed by atoms with E-state index in [4.69, 9.17) is 0 Å². The molecule has 1 aromatic rings. The van der Waals surface area contributed by atoms with Gasteiger partial charge in [0.25, 0.3) is 15.7 Å². The number of nitrogens with zero attached hydrogens (tertiary/aromatic N) is 2. The van der Waals surface area contributed by atoms with Crippen molar-refractivity contribution >= 4 is 27.7 Å². The van der Waals surface area contributed by atoms with Crippen LogP contribution in [0.15, 0.2) is 27.5 Å². The fraction of sp³-hybridized carbons (Fsp3) is 0. The number of hydrogen-bond acceptors (Lipinski definition) is 5. The normalized spacial score (nSPS) is 16.5. The third-order valence-electron chi connectivity index (χ3n) is 1.86. The summed E-state index contributed by atoms with van der Waals surface area (Å²) in [6.45, 7) is 0. The molecule has 1 aliphatic rings. The number of hydrogen-bond donors (Lipinski definition) is 1. The highest BCUT2D eigenvalue weighted by molar-refractivity contribution is 7.90. The van der Waals surface area contributed by atoms with Gasteiger partial charge in [-0.15, -0.1) is 4.40 Å². The summed E-state index contributed by atoms with van der Waals surface area (Å²) in [5.41, 5.74) is -0.00838. The zero-order valence-corrected chi connectivity index (χ0v) is 8.06. The summed E-state index contributed by atoms with van der Waals surface area (Å²) in [5, 5.41) is 13.0. The Bertz CT molecular complexity index is 564. The second-order valence-electron chi connectivity index (χ2n) is 2.79. The summed E-state index contributed by atoms with van der Waals surface area (Å²) in [5.74, 6) is 0. The third kappa shape index (κ3) is 1.54. The summed E-state index contributed by atoms with van der Waals surface area (Å²) in [7, 11) is -3.70. The van der Waals surface area contributed by atoms with Crippen LogP contribution in [-0.2, 0) is 10.0 Å². The highest BCUT2D eigenvalue weighted by Crippen LogP contribution is 2.29. The Morgan fingerprint density at radius 3 is 2.80 bits per heavy atom. The summed E-state index contributed by atoms with van der Waals surface area (Å²) in [6, 6.07) is 3.43. The lowest BCUT2D eigenvalue weighted by Gasteiger charge is -2.10. The van der Waals surface area contributed by atoms with Crippen LogP contribution < -0.4 is 5.32 Å². The van der Waals surface area contributed by atoms with Crippen molar-refractivity contribution in [3.63, 3.8) is 0 Å². The summed E-state index contributed by atoms with van der Waals surface area (Å²) in [6.07, 6.45) is 0.987. The van der Waals surface area contributed by atoms with Gasteiger partial charge >= 0.3 is 0 Å². The lowest BCUT2D eigenvalue weighted by molar-refractivity contribution is -0.384. The maximum atomic E-state index is 11.3. The van der Waals surface area contributed by atoms with Crippen molar-refractivity contribution in [1.82, 2.24) is 0 Å². The summed E-state index contributed by atoms with van der Waals surface area (Å²) >= 11 is 0. The van der Waals surface area contributed by atoms with Crippen molar-refractivity contribution in [3.8, 4) is 0 Å². The molecule has 1 aromatic carbocycles. The largest absolute Gasteiger partial charge is 0.344 e. The van der Waals surface area contributed by atoms with Crippen LogP contribution in [0, 0.1) is 10.1 Å². The first kappa shape index (κ1) is 9.59. The van der Waals surface area contributed by atoms with E-state index in [-0.39, 0.29) is 16.3 Å². The van der Waals surface area contributed by atoms with E-state index >= 15 is 0 Å². The maximum absolute atomic E-state index is 11.3. The minimum absolute atomic E-state index is 0.0596. The number of sulfonamides is 1. The van der Waals surface area contributed by atoms with Gasteiger partial charge in [-0.25, -0.2) is 0 Å². The van der Waals surface area contributed by atoms with Crippen LogP contribution in [-0.4, -0.2) is 19.7 Å². The topological polar surface area (TPSA) is 102 Å². The molecule has 1 aliphatic heterocycles. The molecule has 78 valence electrons. The molecule has 2 rings (SSSR count). The number of nitrogens with one attached hydrogen (secondary N) is 1. The Morgan fingerprint density at radius 1 is 1.40 bits per heavy atom. The number of rotatable bonds is 1. The van der Waals surface area contributed by atoms with Crippen molar-refractivity contribution in [2.75, 3.05) is 5.32 Å². The molecule has 0 atom stereocenters. The molecule has 0 radical (unpaired) electrons. The molecule has 7 nitrogen and oxygen atoms in total. The van der Waals surface area contributed by atoms with E-state index in [1.807, 2.05) is 0 Å². The van der Waals surface area contributed by atoms with E-state index in [1.165, 1.54) is 0 Å². The smallest absolute Gasteiger partial charge is 0.285 e. The first-order valence-corrected chi connectivity index (χ1v) is 5.28. The van der Waals surface area contributed by atoms with Gasteiger partial charge in [0.05, 0.1) is 10.6 Å². The quantitative estimate of drug-likeness (QED) is 0.563. The average molecular weight is 227 g/mol. The SMILES string of the molecule is O=[N+]([O-])c1ccc2c(c1)NC=NS2(=O)=O. The minimum Gasteiger partial charge on any atom is -0.344 e. The molecule has 0 aliphatic carbocycles. The highest BCUT2D eigenvalue weighted by Gasteiger charge is 2.22. The monoisotopic (exact) mass is 227 g/mol. The fourth-order valence-corrected chi connectivity index (χ4v) is 2.13. The molecule has 0 amide bonds. The van der Waals surface area contributed by atoms with Gasteiger partial charge < -0.3 is 5.32 Å². The Morgan fingerprint density at radius 2 is 2.13 bits per heavy atom. The van der Waals surface area contributed by atoms with E-state index in [9.17, 15) is 18.5 Å². The molecule has 0 spiro atoms. The molecule has 0 bridgehead atoms. The van der Waals surface area contributed by atoms with E-state index in [0.717, 1.165) is 24.5 Å². The molecule has 1 N–H and O–H groups in total. The van der Waals surface area contributed by atoms with Gasteiger partial charge in [-0.3, -0.25) is 10.1 Å². The standard InChI is InChI=1S/C7H5N3O4S/c11-10(12)5-1-2-7-6(3-5)8-4-9-15(7,13)14/h1-4H,(H,8,9). The van der Waals surface area contributed by atoms with Gasteiger partial charge in [-0.05, 0) is 6.07 Å². The van der Waals surface area contributed by atoms with Crippen molar-refractivity contribution in [1.29, 1.82) is 0 Å². The molecule has 1 heterocycles. The van der Waals surface area contributed by atoms with Crippen LogP contribution >= 0.6 is 0 Å². The molecule has 0 fully saturated rings. The molecule has 0 saturated heterocycles. The van der Waals surface area contributed by atoms with Gasteiger partial charge in [0.1, 0.15) is 11.2 Å². The van der Waals surface area contributed by atoms with Crippen LogP contribution in [0.2, 0.25) is 0 Å². The van der Waals surface area contributed by atoms with E-state index in [1.54, 1.807) is 0 Å². The van der Waals surface area contributed by atoms with Crippen LogP contribution in [0.1, 0.15) is 0 Å². The number of nitro benzene ring substituents is 1. The molecule has 0 aromatic heterocycles. The third-order valence-corrected chi connectivity index (χ3v) is 3.16. The Kier molecular flexibility index (Phi) is 1.93. The summed E-state index contributed by atoms with van der Waals surface area (Å²) in [4.78, 5) is 9.79. The van der Waals surface area contributed by atoms with E-state index in [2.05, 4.69) is 9.71 Å². The zero-order chi connectivity index (χ0) is 11.1. The second kappa shape index (κ2) is 3.02. The molecule has 15 heavy (non-hydrogen) atoms. The van der Waals surface area contributed by atoms with Crippen molar-refractivity contribution in [2.45, 2.75) is 4.90 Å². The van der Waals surface area contributed by atoms with Gasteiger partial charge in [0.15, 0.2) is 0 Å². The zero-order valence-electron chi connectivity index (χ0n) is 7.25. The van der Waals surface area contributed by atoms with Gasteiger partial charge in [0.2, 0.25) is 0 Å². The minimum atomic E-state index is -3.70. The lowest BCUT2D eigenvalue weighted by atomic mass is 10.3. The predicted molar refractivity (Wildman–Crippen MR) is 52.4 cm³/mol. The first-order chi connectivity index (χ1) is 7.00. The van der Waals surface area contributed by atoms with Crippen LogP contribution in [0.5, 0.6) is 0 Å². The van der Waals surface area contributed by atoms with Gasteiger partial charge in [0, 0.05) is 12.1 Å². The van der Waals surface area contributed by atoms with Crippen LogP contribution in [0.25, 0.3) is 0 Å². The van der Waals surface area contributed by atoms with Gasteiger partial charge in [-0.1, -0.05) is 0 Å². The van der Waals surface area contributed by atoms with Crippen molar-refractivity contribution in [3.05, 3.63) is 28.3 Å². The molecular formula is C7H5N3O4S.